The quantitative estimate of drug-likeness (QED) is 0.726. The van der Waals surface area contributed by atoms with Gasteiger partial charge in [0.25, 0.3) is 0 Å². The predicted molar refractivity (Wildman–Crippen MR) is 65.4 cm³/mol. The lowest BCUT2D eigenvalue weighted by atomic mass is 10.1. The van der Waals surface area contributed by atoms with Gasteiger partial charge in [-0.25, -0.2) is 0 Å². The molecule has 96 valence electrons. The first-order chi connectivity index (χ1) is 8.09. The molecule has 0 radical (unpaired) electrons. The minimum absolute atomic E-state index is 0.0950. The minimum Gasteiger partial charge on any atom is -0.337 e. The zero-order valence-corrected chi connectivity index (χ0v) is 10.8. The lowest BCUT2D eigenvalue weighted by Crippen LogP contribution is -2.55. The van der Waals surface area contributed by atoms with E-state index in [1.165, 1.54) is 0 Å². The highest BCUT2D eigenvalue weighted by Crippen LogP contribution is 2.27. The van der Waals surface area contributed by atoms with Gasteiger partial charge in [-0.05, 0) is 26.7 Å². The maximum Gasteiger partial charge on any atom is 0.242 e. The summed E-state index contributed by atoms with van der Waals surface area (Å²) < 4.78 is 0. The van der Waals surface area contributed by atoms with Crippen LogP contribution in [0.4, 0.5) is 0 Å². The third-order valence-corrected chi connectivity index (χ3v) is 3.90. The number of carbonyl (C=O) groups is 2. The Bertz CT molecular complexity index is 309. The topological polar surface area (TPSA) is 40.6 Å². The van der Waals surface area contributed by atoms with E-state index in [1.54, 1.807) is 4.90 Å². The second kappa shape index (κ2) is 5.07. The Balaban J connectivity index is 1.92. The Labute approximate surface area is 103 Å². The number of carbonyl (C=O) groups excluding carboxylic acids is 2. The van der Waals surface area contributed by atoms with Gasteiger partial charge >= 0.3 is 0 Å². The average molecular weight is 238 g/mol. The number of rotatable bonds is 2. The van der Waals surface area contributed by atoms with Gasteiger partial charge in [-0.2, -0.15) is 0 Å². The molecule has 1 aliphatic carbocycles. The molecule has 0 aromatic rings. The highest BCUT2D eigenvalue weighted by atomic mass is 16.2. The average Bonchev–Trinajstić information content (AvgIpc) is 2.80. The van der Waals surface area contributed by atoms with Crippen molar-refractivity contribution < 1.29 is 9.59 Å². The molecule has 0 N–H and O–H groups in total. The summed E-state index contributed by atoms with van der Waals surface area (Å²) in [6.45, 7) is 5.72. The van der Waals surface area contributed by atoms with Gasteiger partial charge in [0, 0.05) is 25.0 Å². The van der Waals surface area contributed by atoms with Crippen LogP contribution in [0.25, 0.3) is 0 Å². The molecule has 2 amide bonds. The molecule has 0 spiro atoms. The number of nitrogens with zero attached hydrogens (tertiary/aromatic N) is 2. The molecule has 0 aromatic carbocycles. The fraction of sp³-hybridized carbons (Fsp3) is 0.846. The molecule has 1 heterocycles. The first-order valence-electron chi connectivity index (χ1n) is 6.68. The fourth-order valence-electron chi connectivity index (χ4n) is 2.85. The van der Waals surface area contributed by atoms with E-state index in [1.807, 2.05) is 18.7 Å². The van der Waals surface area contributed by atoms with E-state index in [-0.39, 0.29) is 30.3 Å². The summed E-state index contributed by atoms with van der Waals surface area (Å²) in [5.74, 6) is 0.491. The van der Waals surface area contributed by atoms with E-state index < -0.39 is 0 Å². The molecule has 4 heteroatoms. The molecule has 1 saturated carbocycles. The third-order valence-electron chi connectivity index (χ3n) is 3.90. The zero-order valence-electron chi connectivity index (χ0n) is 10.8. The van der Waals surface area contributed by atoms with E-state index in [9.17, 15) is 9.59 Å². The van der Waals surface area contributed by atoms with Crippen molar-refractivity contribution in [2.24, 2.45) is 5.92 Å². The molecule has 4 nitrogen and oxygen atoms in total. The summed E-state index contributed by atoms with van der Waals surface area (Å²) in [4.78, 5) is 27.7. The van der Waals surface area contributed by atoms with Crippen molar-refractivity contribution in [1.29, 1.82) is 0 Å². The molecular weight excluding hydrogens is 216 g/mol. The molecule has 2 aliphatic rings. The van der Waals surface area contributed by atoms with Gasteiger partial charge in [0.2, 0.25) is 11.8 Å². The Morgan fingerprint density at radius 1 is 1.24 bits per heavy atom. The Hall–Kier alpha value is -1.06. The van der Waals surface area contributed by atoms with Crippen molar-refractivity contribution in [3.8, 4) is 0 Å². The van der Waals surface area contributed by atoms with Gasteiger partial charge < -0.3 is 9.80 Å². The molecule has 17 heavy (non-hydrogen) atoms. The number of hydrogen-bond donors (Lipinski definition) is 0. The highest BCUT2D eigenvalue weighted by molar-refractivity contribution is 5.87. The monoisotopic (exact) mass is 238 g/mol. The van der Waals surface area contributed by atoms with E-state index in [0.717, 1.165) is 25.7 Å². The molecule has 0 atom stereocenters. The van der Waals surface area contributed by atoms with Gasteiger partial charge in [-0.1, -0.05) is 12.8 Å². The highest BCUT2D eigenvalue weighted by Gasteiger charge is 2.32. The first-order valence-corrected chi connectivity index (χ1v) is 6.68. The molecule has 0 unspecified atom stereocenters. The minimum atomic E-state index is 0.0950. The van der Waals surface area contributed by atoms with Gasteiger partial charge in [0.05, 0.1) is 6.54 Å². The second-order valence-electron chi connectivity index (χ2n) is 5.42. The summed E-state index contributed by atoms with van der Waals surface area (Å²) in [5, 5.41) is 0. The van der Waals surface area contributed by atoms with Crippen LogP contribution in [-0.4, -0.2) is 47.3 Å². The Kier molecular flexibility index (Phi) is 3.69. The second-order valence-corrected chi connectivity index (χ2v) is 5.42. The van der Waals surface area contributed by atoms with Crippen molar-refractivity contribution in [3.05, 3.63) is 0 Å². The summed E-state index contributed by atoms with van der Waals surface area (Å²) in [5.41, 5.74) is 0. The summed E-state index contributed by atoms with van der Waals surface area (Å²) in [7, 11) is 0. The maximum absolute atomic E-state index is 12.2. The standard InChI is InChI=1S/C13H22N2O2/c1-10(2)15-8-7-14(9-12(15)16)13(17)11-5-3-4-6-11/h10-11H,3-9H2,1-2H3. The zero-order chi connectivity index (χ0) is 12.4. The van der Waals surface area contributed by atoms with E-state index in [0.29, 0.717) is 13.1 Å². The van der Waals surface area contributed by atoms with Gasteiger partial charge in [-0.3, -0.25) is 9.59 Å². The van der Waals surface area contributed by atoms with Gasteiger partial charge in [-0.15, -0.1) is 0 Å². The first kappa shape index (κ1) is 12.4. The van der Waals surface area contributed by atoms with Crippen LogP contribution in [0, 0.1) is 5.92 Å². The lowest BCUT2D eigenvalue weighted by Gasteiger charge is -2.37. The van der Waals surface area contributed by atoms with Crippen molar-refractivity contribution in [2.75, 3.05) is 19.6 Å². The van der Waals surface area contributed by atoms with Crippen LogP contribution in [0.2, 0.25) is 0 Å². The smallest absolute Gasteiger partial charge is 0.242 e. The van der Waals surface area contributed by atoms with Crippen LogP contribution < -0.4 is 0 Å². The van der Waals surface area contributed by atoms with Crippen molar-refractivity contribution in [2.45, 2.75) is 45.6 Å². The summed E-state index contributed by atoms with van der Waals surface area (Å²) in [6, 6.07) is 0.242. The third kappa shape index (κ3) is 2.61. The fourth-order valence-corrected chi connectivity index (χ4v) is 2.85. The lowest BCUT2D eigenvalue weighted by molar-refractivity contribution is -0.148. The predicted octanol–water partition coefficient (Wildman–Crippen LogP) is 1.26. The molecule has 1 saturated heterocycles. The van der Waals surface area contributed by atoms with Crippen molar-refractivity contribution >= 4 is 11.8 Å². The normalized spacial score (nSPS) is 22.6. The number of piperazine rings is 1. The summed E-state index contributed by atoms with van der Waals surface area (Å²) in [6.07, 6.45) is 4.35. The van der Waals surface area contributed by atoms with Gasteiger partial charge in [0.15, 0.2) is 0 Å². The van der Waals surface area contributed by atoms with Crippen LogP contribution in [0.1, 0.15) is 39.5 Å². The molecule has 0 aromatic heterocycles. The van der Waals surface area contributed by atoms with Crippen LogP contribution in [0.5, 0.6) is 0 Å². The molecular formula is C13H22N2O2. The number of hydrogen-bond acceptors (Lipinski definition) is 2. The van der Waals surface area contributed by atoms with Crippen LogP contribution >= 0.6 is 0 Å². The van der Waals surface area contributed by atoms with Gasteiger partial charge in [0.1, 0.15) is 0 Å². The largest absolute Gasteiger partial charge is 0.337 e. The number of amides is 2. The molecule has 0 bridgehead atoms. The molecule has 2 rings (SSSR count). The summed E-state index contributed by atoms with van der Waals surface area (Å²) >= 11 is 0. The molecule has 1 aliphatic heterocycles. The van der Waals surface area contributed by atoms with Crippen LogP contribution in [-0.2, 0) is 9.59 Å². The van der Waals surface area contributed by atoms with Crippen LogP contribution in [0.3, 0.4) is 0 Å². The van der Waals surface area contributed by atoms with Crippen molar-refractivity contribution in [3.63, 3.8) is 0 Å². The van der Waals surface area contributed by atoms with Crippen LogP contribution in [0.15, 0.2) is 0 Å². The Morgan fingerprint density at radius 2 is 1.88 bits per heavy atom. The Morgan fingerprint density at radius 3 is 2.41 bits per heavy atom. The van der Waals surface area contributed by atoms with Crippen molar-refractivity contribution in [1.82, 2.24) is 9.80 Å². The van der Waals surface area contributed by atoms with E-state index in [2.05, 4.69) is 0 Å². The van der Waals surface area contributed by atoms with E-state index >= 15 is 0 Å². The maximum atomic E-state index is 12.2. The van der Waals surface area contributed by atoms with E-state index in [4.69, 9.17) is 0 Å². The SMILES string of the molecule is CC(C)N1CCN(C(=O)C2CCCC2)CC1=O. The molecule has 2 fully saturated rings.